The van der Waals surface area contributed by atoms with Gasteiger partial charge in [-0.1, -0.05) is 61.0 Å². The van der Waals surface area contributed by atoms with Gasteiger partial charge in [0.05, 0.1) is 5.56 Å². The lowest BCUT2D eigenvalue weighted by atomic mass is 9.96. The van der Waals surface area contributed by atoms with Gasteiger partial charge in [0.25, 0.3) is 0 Å². The maximum absolute atomic E-state index is 12.9. The summed E-state index contributed by atoms with van der Waals surface area (Å²) in [7, 11) is 1.80. The van der Waals surface area contributed by atoms with E-state index in [0.29, 0.717) is 5.56 Å². The van der Waals surface area contributed by atoms with E-state index in [1.165, 1.54) is 28.5 Å². The molecule has 0 aliphatic heterocycles. The zero-order valence-corrected chi connectivity index (χ0v) is 15.4. The number of halogens is 3. The summed E-state index contributed by atoms with van der Waals surface area (Å²) in [6, 6.07) is 20.3. The number of rotatable bonds is 7. The van der Waals surface area contributed by atoms with Crippen LogP contribution in [0.1, 0.15) is 42.0 Å². The molecule has 0 aliphatic rings. The topological polar surface area (TPSA) is 12.0 Å². The van der Waals surface area contributed by atoms with Crippen LogP contribution in [0.25, 0.3) is 10.8 Å². The van der Waals surface area contributed by atoms with E-state index in [9.17, 15) is 13.2 Å². The van der Waals surface area contributed by atoms with Gasteiger partial charge in [-0.05, 0) is 60.3 Å². The third kappa shape index (κ3) is 4.89. The molecule has 3 aromatic rings. The zero-order chi connectivity index (χ0) is 19.3. The first-order chi connectivity index (χ1) is 13.0. The number of hydrogen-bond acceptors (Lipinski definition) is 1. The maximum atomic E-state index is 12.9. The second kappa shape index (κ2) is 8.57. The van der Waals surface area contributed by atoms with Gasteiger partial charge < -0.3 is 5.32 Å². The molecule has 0 radical (unpaired) electrons. The van der Waals surface area contributed by atoms with Gasteiger partial charge in [-0.25, -0.2) is 0 Å². The molecule has 0 heterocycles. The van der Waals surface area contributed by atoms with Crippen molar-refractivity contribution < 1.29 is 13.2 Å². The second-order valence-electron chi connectivity index (χ2n) is 6.85. The van der Waals surface area contributed by atoms with Crippen molar-refractivity contribution in [3.05, 3.63) is 83.4 Å². The molecule has 0 spiro atoms. The van der Waals surface area contributed by atoms with E-state index in [-0.39, 0.29) is 6.04 Å². The normalized spacial score (nSPS) is 13.0. The molecule has 0 saturated heterocycles. The standard InChI is InChI=1S/C23H24F3N/c1-27-22(19-12-7-13-20(16-19)23(24,25)26)15-5-3-9-18-11-6-10-17-8-2-4-14-21(17)18/h2,4,6-8,10-14,16,22,27H,3,5,9,15H2,1H3. The number of benzene rings is 3. The summed E-state index contributed by atoms with van der Waals surface area (Å²) in [5.41, 5.74) is 1.43. The summed E-state index contributed by atoms with van der Waals surface area (Å²) < 4.78 is 38.8. The van der Waals surface area contributed by atoms with E-state index in [2.05, 4.69) is 41.7 Å². The Hall–Kier alpha value is -2.33. The molecule has 1 unspecified atom stereocenters. The largest absolute Gasteiger partial charge is 0.416 e. The molecule has 3 rings (SSSR count). The first-order valence-electron chi connectivity index (χ1n) is 9.30. The molecular weight excluding hydrogens is 347 g/mol. The Bertz CT molecular complexity index is 881. The second-order valence-corrected chi connectivity index (χ2v) is 6.85. The van der Waals surface area contributed by atoms with Crippen LogP contribution in [0.15, 0.2) is 66.7 Å². The van der Waals surface area contributed by atoms with Crippen molar-refractivity contribution >= 4 is 10.8 Å². The fourth-order valence-corrected chi connectivity index (χ4v) is 3.58. The first kappa shape index (κ1) is 19.4. The van der Waals surface area contributed by atoms with Crippen molar-refractivity contribution in [2.75, 3.05) is 7.05 Å². The van der Waals surface area contributed by atoms with Crippen LogP contribution in [-0.4, -0.2) is 7.05 Å². The predicted molar refractivity (Wildman–Crippen MR) is 105 cm³/mol. The molecule has 142 valence electrons. The minimum Gasteiger partial charge on any atom is -0.313 e. The number of nitrogens with one attached hydrogen (secondary N) is 1. The van der Waals surface area contributed by atoms with Crippen LogP contribution in [0, 0.1) is 0 Å². The predicted octanol–water partition coefficient (Wildman–Crippen LogP) is 6.53. The Morgan fingerprint density at radius 2 is 1.63 bits per heavy atom. The lowest BCUT2D eigenvalue weighted by Gasteiger charge is -2.18. The Labute approximate surface area is 158 Å². The molecule has 0 aromatic heterocycles. The van der Waals surface area contributed by atoms with E-state index in [4.69, 9.17) is 0 Å². The van der Waals surface area contributed by atoms with Crippen molar-refractivity contribution in [1.82, 2.24) is 5.32 Å². The summed E-state index contributed by atoms with van der Waals surface area (Å²) in [5.74, 6) is 0. The van der Waals surface area contributed by atoms with Crippen molar-refractivity contribution in [1.29, 1.82) is 0 Å². The fourth-order valence-electron chi connectivity index (χ4n) is 3.58. The SMILES string of the molecule is CNC(CCCCc1cccc2ccccc12)c1cccc(C(F)(F)F)c1. The molecule has 0 saturated carbocycles. The van der Waals surface area contributed by atoms with Crippen LogP contribution in [-0.2, 0) is 12.6 Å². The van der Waals surface area contributed by atoms with E-state index in [0.717, 1.165) is 31.7 Å². The molecule has 4 heteroatoms. The van der Waals surface area contributed by atoms with Crippen LogP contribution in [0.3, 0.4) is 0 Å². The third-order valence-electron chi connectivity index (χ3n) is 5.03. The molecule has 0 amide bonds. The van der Waals surface area contributed by atoms with Gasteiger partial charge in [0, 0.05) is 6.04 Å². The van der Waals surface area contributed by atoms with Crippen molar-refractivity contribution in [3.8, 4) is 0 Å². The molecule has 0 bridgehead atoms. The monoisotopic (exact) mass is 371 g/mol. The molecule has 1 nitrogen and oxygen atoms in total. The lowest BCUT2D eigenvalue weighted by Crippen LogP contribution is -2.17. The van der Waals surface area contributed by atoms with Gasteiger partial charge in [-0.15, -0.1) is 0 Å². The van der Waals surface area contributed by atoms with Crippen molar-refractivity contribution in [2.24, 2.45) is 0 Å². The van der Waals surface area contributed by atoms with E-state index >= 15 is 0 Å². The van der Waals surface area contributed by atoms with E-state index in [1.54, 1.807) is 13.1 Å². The molecule has 0 aliphatic carbocycles. The van der Waals surface area contributed by atoms with E-state index < -0.39 is 11.7 Å². The highest BCUT2D eigenvalue weighted by Crippen LogP contribution is 2.31. The van der Waals surface area contributed by atoms with Crippen LogP contribution in [0.2, 0.25) is 0 Å². The smallest absolute Gasteiger partial charge is 0.313 e. The number of hydrogen-bond donors (Lipinski definition) is 1. The molecule has 27 heavy (non-hydrogen) atoms. The first-order valence-corrected chi connectivity index (χ1v) is 9.30. The summed E-state index contributed by atoms with van der Waals surface area (Å²) in [6.07, 6.45) is -0.568. The number of aryl methyl sites for hydroxylation is 1. The molecule has 3 aromatic carbocycles. The highest BCUT2D eigenvalue weighted by atomic mass is 19.4. The lowest BCUT2D eigenvalue weighted by molar-refractivity contribution is -0.137. The average molecular weight is 371 g/mol. The maximum Gasteiger partial charge on any atom is 0.416 e. The van der Waals surface area contributed by atoms with Crippen LogP contribution in [0.4, 0.5) is 13.2 Å². The quantitative estimate of drug-likeness (QED) is 0.466. The zero-order valence-electron chi connectivity index (χ0n) is 15.4. The number of fused-ring (bicyclic) bond motifs is 1. The number of unbranched alkanes of at least 4 members (excludes halogenated alkanes) is 1. The van der Waals surface area contributed by atoms with Gasteiger partial charge >= 0.3 is 6.18 Å². The summed E-state index contributed by atoms with van der Waals surface area (Å²) >= 11 is 0. The average Bonchev–Trinajstić information content (AvgIpc) is 2.67. The minimum absolute atomic E-state index is 0.0696. The highest BCUT2D eigenvalue weighted by Gasteiger charge is 2.30. The Kier molecular flexibility index (Phi) is 6.17. The van der Waals surface area contributed by atoms with E-state index in [1.807, 2.05) is 6.07 Å². The Morgan fingerprint density at radius 3 is 2.41 bits per heavy atom. The third-order valence-corrected chi connectivity index (χ3v) is 5.03. The minimum atomic E-state index is -4.30. The molecular formula is C23H24F3N. The van der Waals surface area contributed by atoms with Gasteiger partial charge in [0.15, 0.2) is 0 Å². The van der Waals surface area contributed by atoms with Crippen LogP contribution >= 0.6 is 0 Å². The summed E-state index contributed by atoms with van der Waals surface area (Å²) in [6.45, 7) is 0. The summed E-state index contributed by atoms with van der Waals surface area (Å²) in [5, 5.41) is 5.68. The molecule has 0 fully saturated rings. The van der Waals surface area contributed by atoms with Crippen LogP contribution in [0.5, 0.6) is 0 Å². The highest BCUT2D eigenvalue weighted by molar-refractivity contribution is 5.85. The van der Waals surface area contributed by atoms with Gasteiger partial charge in [0.2, 0.25) is 0 Å². The number of alkyl halides is 3. The van der Waals surface area contributed by atoms with Crippen molar-refractivity contribution in [3.63, 3.8) is 0 Å². The van der Waals surface area contributed by atoms with Gasteiger partial charge in [-0.3, -0.25) is 0 Å². The van der Waals surface area contributed by atoms with Gasteiger partial charge in [0.1, 0.15) is 0 Å². The fraction of sp³-hybridized carbons (Fsp3) is 0.304. The van der Waals surface area contributed by atoms with Gasteiger partial charge in [-0.2, -0.15) is 13.2 Å². The Balaban J connectivity index is 1.60. The Morgan fingerprint density at radius 1 is 0.889 bits per heavy atom. The molecule has 1 N–H and O–H groups in total. The van der Waals surface area contributed by atoms with Crippen molar-refractivity contribution in [2.45, 2.75) is 37.9 Å². The molecule has 1 atom stereocenters. The summed E-state index contributed by atoms with van der Waals surface area (Å²) in [4.78, 5) is 0. The van der Waals surface area contributed by atoms with Crippen LogP contribution < -0.4 is 5.32 Å².